The molecule has 8 heteroatoms. The Morgan fingerprint density at radius 1 is 1.19 bits per heavy atom. The highest BCUT2D eigenvalue weighted by Crippen LogP contribution is 2.25. The number of nitrogens with two attached hydrogens (primary N) is 1. The van der Waals surface area contributed by atoms with Crippen molar-refractivity contribution < 1.29 is 4.74 Å². The third-order valence-electron chi connectivity index (χ3n) is 4.91. The normalized spacial score (nSPS) is 11.7. The van der Waals surface area contributed by atoms with E-state index in [0.717, 1.165) is 60.8 Å². The largest absolute Gasteiger partial charge is 0.462 e. The van der Waals surface area contributed by atoms with Gasteiger partial charge < -0.3 is 20.7 Å². The molecule has 0 amide bonds. The van der Waals surface area contributed by atoms with Gasteiger partial charge in [-0.15, -0.1) is 0 Å². The van der Waals surface area contributed by atoms with E-state index in [1.165, 1.54) is 0 Å². The zero-order chi connectivity index (χ0) is 23.3. The molecule has 1 aromatic carbocycles. The minimum Gasteiger partial charge on any atom is -0.462 e. The highest BCUT2D eigenvalue weighted by atomic mass is 16.5. The van der Waals surface area contributed by atoms with Crippen LogP contribution in [0.2, 0.25) is 0 Å². The zero-order valence-corrected chi connectivity index (χ0v) is 20.0. The molecule has 32 heavy (non-hydrogen) atoms. The molecular formula is C24H37N7O. The second-order valence-corrected chi connectivity index (χ2v) is 7.52. The quantitative estimate of drug-likeness (QED) is 0.186. The summed E-state index contributed by atoms with van der Waals surface area (Å²) in [6.07, 6.45) is 5.80. The average Bonchev–Trinajstić information content (AvgIpc) is 2.79. The number of nitrogen functional groups attached to an aromatic ring is 1. The first-order valence-corrected chi connectivity index (χ1v) is 11.3. The summed E-state index contributed by atoms with van der Waals surface area (Å²) in [5.41, 5.74) is 13.6. The van der Waals surface area contributed by atoms with E-state index < -0.39 is 0 Å². The molecule has 2 aromatic rings. The van der Waals surface area contributed by atoms with Crippen LogP contribution in [-0.4, -0.2) is 49.5 Å². The predicted molar refractivity (Wildman–Crippen MR) is 136 cm³/mol. The molecule has 0 radical (unpaired) electrons. The van der Waals surface area contributed by atoms with Gasteiger partial charge in [-0.1, -0.05) is 19.9 Å². The van der Waals surface area contributed by atoms with Crippen molar-refractivity contribution in [3.63, 3.8) is 0 Å². The Kier molecular flexibility index (Phi) is 10.5. The van der Waals surface area contributed by atoms with Gasteiger partial charge in [0.15, 0.2) is 0 Å². The number of rotatable bonds is 13. The van der Waals surface area contributed by atoms with E-state index in [1.54, 1.807) is 6.21 Å². The fourth-order valence-electron chi connectivity index (χ4n) is 3.14. The summed E-state index contributed by atoms with van der Waals surface area (Å²) in [6, 6.07) is 8.07. The minimum absolute atomic E-state index is 0.356. The number of aromatic nitrogens is 2. The lowest BCUT2D eigenvalue weighted by Gasteiger charge is -2.23. The number of nitrogens with zero attached hydrogens (tertiary/aromatic N) is 4. The molecule has 8 nitrogen and oxygen atoms in total. The van der Waals surface area contributed by atoms with E-state index in [1.807, 2.05) is 51.2 Å². The Morgan fingerprint density at radius 3 is 2.59 bits per heavy atom. The van der Waals surface area contributed by atoms with Crippen LogP contribution >= 0.6 is 0 Å². The van der Waals surface area contributed by atoms with Crippen LogP contribution in [0.15, 0.2) is 35.4 Å². The van der Waals surface area contributed by atoms with Crippen molar-refractivity contribution in [3.8, 4) is 6.01 Å². The lowest BCUT2D eigenvalue weighted by atomic mass is 10.0. The molecule has 0 saturated heterocycles. The SMILES string of the molecule is C/C=C(\C)c1cc(N/N=C/c2cc(N(CCC)CCC)nc(OCCNC)n2)ccc1N. The third-order valence-corrected chi connectivity index (χ3v) is 4.91. The van der Waals surface area contributed by atoms with E-state index in [2.05, 4.69) is 44.6 Å². The predicted octanol–water partition coefficient (Wildman–Crippen LogP) is 4.15. The Labute approximate surface area is 192 Å². The summed E-state index contributed by atoms with van der Waals surface area (Å²) >= 11 is 0. The molecule has 1 heterocycles. The molecule has 0 fully saturated rings. The Bertz CT molecular complexity index is 905. The van der Waals surface area contributed by atoms with Crippen molar-refractivity contribution >= 4 is 29.0 Å². The van der Waals surface area contributed by atoms with E-state index in [4.69, 9.17) is 10.5 Å². The number of hydrazone groups is 1. The lowest BCUT2D eigenvalue weighted by molar-refractivity contribution is 0.293. The topological polar surface area (TPSA) is 101 Å². The van der Waals surface area contributed by atoms with E-state index in [9.17, 15) is 0 Å². The van der Waals surface area contributed by atoms with Gasteiger partial charge in [0, 0.05) is 37.0 Å². The molecule has 4 N–H and O–H groups in total. The molecule has 0 atom stereocenters. The van der Waals surface area contributed by atoms with Crippen LogP contribution in [0.4, 0.5) is 17.2 Å². The van der Waals surface area contributed by atoms with Crippen molar-refractivity contribution in [3.05, 3.63) is 41.6 Å². The molecule has 0 aliphatic heterocycles. The number of benzene rings is 1. The number of ether oxygens (including phenoxy) is 1. The van der Waals surface area contributed by atoms with Crippen molar-refractivity contribution in [2.45, 2.75) is 40.5 Å². The zero-order valence-electron chi connectivity index (χ0n) is 20.0. The first-order valence-electron chi connectivity index (χ1n) is 11.3. The fourth-order valence-corrected chi connectivity index (χ4v) is 3.14. The standard InChI is InChI=1S/C24H37N7O/c1-6-12-31(13-7-2)23-16-20(28-24(29-23)32-14-11-26-5)17-27-30-19-9-10-22(25)21(15-19)18(4)8-3/h8-10,15-17,26,30H,6-7,11-14,25H2,1-5H3/b18-8+,27-17+. The van der Waals surface area contributed by atoms with E-state index >= 15 is 0 Å². The summed E-state index contributed by atoms with van der Waals surface area (Å²) in [6.45, 7) is 11.4. The van der Waals surface area contributed by atoms with Crippen LogP contribution in [0.3, 0.4) is 0 Å². The third kappa shape index (κ3) is 7.53. The lowest BCUT2D eigenvalue weighted by Crippen LogP contribution is -2.26. The molecule has 2 rings (SSSR count). The van der Waals surface area contributed by atoms with Gasteiger partial charge >= 0.3 is 6.01 Å². The number of likely N-dealkylation sites (N-methyl/N-ethyl adjacent to an activating group) is 1. The molecule has 0 aliphatic carbocycles. The summed E-state index contributed by atoms with van der Waals surface area (Å²) in [7, 11) is 1.88. The molecule has 0 unspecified atom stereocenters. The maximum absolute atomic E-state index is 6.10. The first kappa shape index (κ1) is 25.1. The second-order valence-electron chi connectivity index (χ2n) is 7.52. The summed E-state index contributed by atoms with van der Waals surface area (Å²) in [5.74, 6) is 0.850. The maximum atomic E-state index is 6.10. The van der Waals surface area contributed by atoms with Gasteiger partial charge in [-0.3, -0.25) is 5.43 Å². The fraction of sp³-hybridized carbons (Fsp3) is 0.458. The number of hydrogen-bond donors (Lipinski definition) is 3. The van der Waals surface area contributed by atoms with Gasteiger partial charge in [0.1, 0.15) is 12.4 Å². The van der Waals surface area contributed by atoms with Crippen LogP contribution in [0.1, 0.15) is 51.8 Å². The maximum Gasteiger partial charge on any atom is 0.319 e. The monoisotopic (exact) mass is 439 g/mol. The first-order chi connectivity index (χ1) is 15.5. The Morgan fingerprint density at radius 2 is 1.94 bits per heavy atom. The smallest absolute Gasteiger partial charge is 0.319 e. The summed E-state index contributed by atoms with van der Waals surface area (Å²) in [4.78, 5) is 11.4. The van der Waals surface area contributed by atoms with Gasteiger partial charge in [-0.25, -0.2) is 0 Å². The molecule has 174 valence electrons. The molecule has 1 aromatic heterocycles. The minimum atomic E-state index is 0.356. The molecular weight excluding hydrogens is 402 g/mol. The molecule has 0 aliphatic rings. The van der Waals surface area contributed by atoms with Crippen molar-refractivity contribution in [1.29, 1.82) is 0 Å². The van der Waals surface area contributed by atoms with Crippen LogP contribution in [0, 0.1) is 0 Å². The number of allylic oxidation sites excluding steroid dienone is 2. The highest BCUT2D eigenvalue weighted by molar-refractivity contribution is 5.80. The number of nitrogens with one attached hydrogen (secondary N) is 2. The molecule has 0 saturated carbocycles. The van der Waals surface area contributed by atoms with Gasteiger partial charge in [0.05, 0.1) is 17.6 Å². The average molecular weight is 440 g/mol. The van der Waals surface area contributed by atoms with Crippen LogP contribution in [-0.2, 0) is 0 Å². The summed E-state index contributed by atoms with van der Waals surface area (Å²) < 4.78 is 5.75. The van der Waals surface area contributed by atoms with Crippen molar-refractivity contribution in [1.82, 2.24) is 15.3 Å². The van der Waals surface area contributed by atoms with Gasteiger partial charge in [0.2, 0.25) is 0 Å². The highest BCUT2D eigenvalue weighted by Gasteiger charge is 2.11. The van der Waals surface area contributed by atoms with Gasteiger partial charge in [-0.05, 0) is 57.5 Å². The van der Waals surface area contributed by atoms with E-state index in [-0.39, 0.29) is 0 Å². The Hall–Kier alpha value is -3.13. The van der Waals surface area contributed by atoms with Crippen LogP contribution in [0.5, 0.6) is 6.01 Å². The number of hydrogen-bond acceptors (Lipinski definition) is 8. The van der Waals surface area contributed by atoms with Gasteiger partial charge in [0.25, 0.3) is 0 Å². The van der Waals surface area contributed by atoms with Crippen molar-refractivity contribution in [2.24, 2.45) is 5.10 Å². The Balaban J connectivity index is 2.25. The number of anilines is 3. The van der Waals surface area contributed by atoms with Crippen molar-refractivity contribution in [2.75, 3.05) is 49.3 Å². The van der Waals surface area contributed by atoms with E-state index in [0.29, 0.717) is 18.3 Å². The van der Waals surface area contributed by atoms with Crippen LogP contribution < -0.4 is 26.1 Å². The molecule has 0 spiro atoms. The summed E-state index contributed by atoms with van der Waals surface area (Å²) in [5, 5.41) is 7.45. The second kappa shape index (κ2) is 13.3. The van der Waals surface area contributed by atoms with Crippen LogP contribution in [0.25, 0.3) is 5.57 Å². The molecule has 0 bridgehead atoms. The van der Waals surface area contributed by atoms with Gasteiger partial charge in [-0.2, -0.15) is 15.1 Å².